The van der Waals surface area contributed by atoms with Crippen LogP contribution in [-0.4, -0.2) is 50.8 Å². The Morgan fingerprint density at radius 1 is 1.00 bits per heavy atom. The number of hydrogen-bond acceptors (Lipinski definition) is 4. The monoisotopic (exact) mass is 393 g/mol. The Morgan fingerprint density at radius 2 is 1.68 bits per heavy atom. The van der Waals surface area contributed by atoms with E-state index in [-0.39, 0.29) is 0 Å². The molecule has 0 amide bonds. The van der Waals surface area contributed by atoms with E-state index < -0.39 is 0 Å². The van der Waals surface area contributed by atoms with Crippen LogP contribution < -0.4 is 0 Å². The van der Waals surface area contributed by atoms with E-state index in [1.54, 1.807) is 0 Å². The highest BCUT2D eigenvalue weighted by Gasteiger charge is 2.27. The van der Waals surface area contributed by atoms with Gasteiger partial charge in [0.15, 0.2) is 4.77 Å². The van der Waals surface area contributed by atoms with Crippen molar-refractivity contribution in [1.29, 1.82) is 0 Å². The smallest absolute Gasteiger partial charge is 0.199 e. The average Bonchev–Trinajstić information content (AvgIpc) is 2.98. The summed E-state index contributed by atoms with van der Waals surface area (Å²) in [5.74, 6) is 0.958. The summed E-state index contributed by atoms with van der Waals surface area (Å²) in [4.78, 5) is 4.89. The molecule has 0 N–H and O–H groups in total. The molecule has 1 aliphatic heterocycles. The minimum absolute atomic E-state index is 0.349. The van der Waals surface area contributed by atoms with Gasteiger partial charge in [-0.2, -0.15) is 5.10 Å². The van der Waals surface area contributed by atoms with E-state index in [1.165, 1.54) is 11.1 Å². The van der Waals surface area contributed by atoms with Crippen molar-refractivity contribution in [2.75, 3.05) is 26.7 Å². The molecule has 1 aromatic heterocycles. The second-order valence-corrected chi connectivity index (χ2v) is 7.91. The van der Waals surface area contributed by atoms with Gasteiger partial charge in [0.25, 0.3) is 0 Å². The summed E-state index contributed by atoms with van der Waals surface area (Å²) in [6.07, 6.45) is 0. The first-order chi connectivity index (χ1) is 13.6. The first-order valence-corrected chi connectivity index (χ1v) is 10.2. The third kappa shape index (κ3) is 4.09. The number of nitrogens with zero attached hydrogens (tertiary/aromatic N) is 5. The number of aromatic nitrogens is 3. The van der Waals surface area contributed by atoms with E-state index >= 15 is 0 Å². The highest BCUT2D eigenvalue weighted by molar-refractivity contribution is 7.71. The summed E-state index contributed by atoms with van der Waals surface area (Å²) in [6, 6.07) is 21.5. The molecule has 1 unspecified atom stereocenters. The number of piperazine rings is 1. The molecule has 5 nitrogen and oxygen atoms in total. The molecule has 6 heteroatoms. The van der Waals surface area contributed by atoms with Gasteiger partial charge in [-0.05, 0) is 37.3 Å². The molecule has 0 aliphatic carbocycles. The topological polar surface area (TPSA) is 29.2 Å². The third-order valence-electron chi connectivity index (χ3n) is 5.49. The maximum atomic E-state index is 5.79. The highest BCUT2D eigenvalue weighted by Crippen LogP contribution is 2.25. The zero-order chi connectivity index (χ0) is 19.5. The molecule has 0 bridgehead atoms. The first-order valence-electron chi connectivity index (χ1n) is 9.77. The molecule has 1 atom stereocenters. The Hall–Kier alpha value is -2.28. The van der Waals surface area contributed by atoms with Crippen molar-refractivity contribution in [2.24, 2.45) is 0 Å². The molecule has 146 valence electrons. The van der Waals surface area contributed by atoms with Gasteiger partial charge in [0.2, 0.25) is 0 Å². The Labute approximate surface area is 171 Å². The van der Waals surface area contributed by atoms with Crippen molar-refractivity contribution >= 4 is 12.2 Å². The van der Waals surface area contributed by atoms with Crippen LogP contribution in [0.1, 0.15) is 23.0 Å². The Kier molecular flexibility index (Phi) is 5.71. The van der Waals surface area contributed by atoms with E-state index in [0.29, 0.717) is 6.04 Å². The van der Waals surface area contributed by atoms with Gasteiger partial charge < -0.3 is 4.90 Å². The summed E-state index contributed by atoms with van der Waals surface area (Å²) in [7, 11) is 2.19. The van der Waals surface area contributed by atoms with Crippen LogP contribution in [0.2, 0.25) is 0 Å². The van der Waals surface area contributed by atoms with Crippen molar-refractivity contribution in [2.45, 2.75) is 26.2 Å². The normalized spacial score (nSPS) is 18.4. The van der Waals surface area contributed by atoms with Gasteiger partial charge in [-0.25, -0.2) is 4.68 Å². The fourth-order valence-corrected chi connectivity index (χ4v) is 4.17. The lowest BCUT2D eigenvalue weighted by Gasteiger charge is -2.40. The van der Waals surface area contributed by atoms with Crippen LogP contribution >= 0.6 is 12.2 Å². The predicted octanol–water partition coefficient (Wildman–Crippen LogP) is 3.72. The van der Waals surface area contributed by atoms with Gasteiger partial charge in [-0.15, -0.1) is 0 Å². The van der Waals surface area contributed by atoms with E-state index in [1.807, 2.05) is 17.7 Å². The first kappa shape index (κ1) is 19.1. The number of benzene rings is 2. The summed E-state index contributed by atoms with van der Waals surface area (Å²) in [5.41, 5.74) is 2.59. The third-order valence-corrected chi connectivity index (χ3v) is 5.92. The Balaban J connectivity index is 1.58. The zero-order valence-corrected chi connectivity index (χ0v) is 17.3. The molecule has 1 saturated heterocycles. The molecule has 0 spiro atoms. The van der Waals surface area contributed by atoms with Crippen LogP contribution in [0.3, 0.4) is 0 Å². The quantitative estimate of drug-likeness (QED) is 0.618. The fraction of sp³-hybridized carbons (Fsp3) is 0.364. The van der Waals surface area contributed by atoms with Crippen molar-refractivity contribution < 1.29 is 0 Å². The van der Waals surface area contributed by atoms with Crippen molar-refractivity contribution in [1.82, 2.24) is 24.1 Å². The van der Waals surface area contributed by atoms with E-state index in [2.05, 4.69) is 76.0 Å². The highest BCUT2D eigenvalue weighted by atomic mass is 32.1. The van der Waals surface area contributed by atoms with Gasteiger partial charge in [-0.3, -0.25) is 9.47 Å². The zero-order valence-electron chi connectivity index (χ0n) is 16.5. The van der Waals surface area contributed by atoms with Crippen LogP contribution in [-0.2, 0) is 13.2 Å². The van der Waals surface area contributed by atoms with Crippen LogP contribution in [0.4, 0.5) is 0 Å². The molecule has 0 radical (unpaired) electrons. The molecule has 2 aromatic carbocycles. The Morgan fingerprint density at radius 3 is 2.39 bits per heavy atom. The number of aryl methyl sites for hydroxylation is 1. The molecule has 1 fully saturated rings. The SMILES string of the molecule is Cc1nn(CN2CCN(C)CC2c2ccccc2)c(=S)n1Cc1ccccc1. The Bertz CT molecular complexity index is 964. The summed E-state index contributed by atoms with van der Waals surface area (Å²) < 4.78 is 4.89. The van der Waals surface area contributed by atoms with Crippen LogP contribution in [0.15, 0.2) is 60.7 Å². The summed E-state index contributed by atoms with van der Waals surface area (Å²) in [5, 5.41) is 4.77. The minimum atomic E-state index is 0.349. The van der Waals surface area contributed by atoms with Crippen molar-refractivity contribution in [3.63, 3.8) is 0 Å². The largest absolute Gasteiger partial charge is 0.303 e. The fourth-order valence-electron chi connectivity index (χ4n) is 3.88. The lowest BCUT2D eigenvalue weighted by molar-refractivity contribution is 0.0581. The minimum Gasteiger partial charge on any atom is -0.303 e. The lowest BCUT2D eigenvalue weighted by atomic mass is 10.0. The average molecular weight is 394 g/mol. The van der Waals surface area contributed by atoms with E-state index in [4.69, 9.17) is 17.3 Å². The van der Waals surface area contributed by atoms with E-state index in [9.17, 15) is 0 Å². The maximum absolute atomic E-state index is 5.79. The molecular formula is C22H27N5S. The van der Waals surface area contributed by atoms with E-state index in [0.717, 1.165) is 43.4 Å². The maximum Gasteiger partial charge on any atom is 0.199 e. The second-order valence-electron chi connectivity index (χ2n) is 7.54. The van der Waals surface area contributed by atoms with Gasteiger partial charge in [0.1, 0.15) is 5.82 Å². The number of hydrogen-bond donors (Lipinski definition) is 0. The van der Waals surface area contributed by atoms with Gasteiger partial charge in [-0.1, -0.05) is 60.7 Å². The molecule has 28 heavy (non-hydrogen) atoms. The molecule has 0 saturated carbocycles. The number of rotatable bonds is 5. The second kappa shape index (κ2) is 8.39. The lowest BCUT2D eigenvalue weighted by Crippen LogP contribution is -2.47. The predicted molar refractivity (Wildman–Crippen MR) is 115 cm³/mol. The summed E-state index contributed by atoms with van der Waals surface area (Å²) in [6.45, 7) is 6.59. The van der Waals surface area contributed by atoms with Gasteiger partial charge >= 0.3 is 0 Å². The van der Waals surface area contributed by atoms with Crippen molar-refractivity contribution in [3.8, 4) is 0 Å². The van der Waals surface area contributed by atoms with Crippen LogP contribution in [0, 0.1) is 11.7 Å². The van der Waals surface area contributed by atoms with Crippen molar-refractivity contribution in [3.05, 3.63) is 82.4 Å². The molecular weight excluding hydrogens is 366 g/mol. The molecule has 3 aromatic rings. The molecule has 4 rings (SSSR count). The molecule has 2 heterocycles. The molecule has 1 aliphatic rings. The van der Waals surface area contributed by atoms with Crippen LogP contribution in [0.25, 0.3) is 0 Å². The van der Waals surface area contributed by atoms with Gasteiger partial charge in [0.05, 0.1) is 13.2 Å². The van der Waals surface area contributed by atoms with Gasteiger partial charge in [0, 0.05) is 25.7 Å². The van der Waals surface area contributed by atoms with Crippen LogP contribution in [0.5, 0.6) is 0 Å². The summed E-state index contributed by atoms with van der Waals surface area (Å²) >= 11 is 5.79. The number of likely N-dealkylation sites (N-methyl/N-ethyl adjacent to an activating group) is 1. The standard InChI is InChI=1S/C22H27N5S/c1-18-23-27(22(28)26(18)15-19-9-5-3-6-10-19)17-25-14-13-24(2)16-21(25)20-11-7-4-8-12-20/h3-12,21H,13-17H2,1-2H3.